The van der Waals surface area contributed by atoms with E-state index in [4.69, 9.17) is 9.47 Å². The topological polar surface area (TPSA) is 46.1 Å². The molecule has 25 heavy (non-hydrogen) atoms. The molecule has 5 nitrogen and oxygen atoms in total. The first kappa shape index (κ1) is 19.1. The molecule has 0 amide bonds. The van der Waals surface area contributed by atoms with Crippen LogP contribution in [0.25, 0.3) is 0 Å². The van der Waals surface area contributed by atoms with Crippen molar-refractivity contribution in [2.75, 3.05) is 34.3 Å². The minimum Gasteiger partial charge on any atom is -0.493 e. The van der Waals surface area contributed by atoms with Crippen molar-refractivity contribution in [2.45, 2.75) is 19.4 Å². The van der Waals surface area contributed by atoms with Crippen LogP contribution < -0.4 is 14.8 Å². The predicted octanol–water partition coefficient (Wildman–Crippen LogP) is 3.27. The third-order valence-electron chi connectivity index (χ3n) is 3.79. The van der Waals surface area contributed by atoms with Crippen LogP contribution in [0.2, 0.25) is 0 Å². The lowest BCUT2D eigenvalue weighted by molar-refractivity contribution is 0.212. The van der Waals surface area contributed by atoms with Crippen molar-refractivity contribution in [3.8, 4) is 11.5 Å². The summed E-state index contributed by atoms with van der Waals surface area (Å²) in [6.45, 7) is 3.61. The zero-order chi connectivity index (χ0) is 18.1. The maximum Gasteiger partial charge on any atom is 0.193 e. The van der Waals surface area contributed by atoms with Crippen molar-refractivity contribution < 1.29 is 9.47 Å². The summed E-state index contributed by atoms with van der Waals surface area (Å²) in [6.07, 6.45) is 1.00. The van der Waals surface area contributed by atoms with E-state index in [-0.39, 0.29) is 6.10 Å². The van der Waals surface area contributed by atoms with Gasteiger partial charge in [0.15, 0.2) is 17.5 Å². The number of methoxy groups -OCH3 is 1. The van der Waals surface area contributed by atoms with Gasteiger partial charge in [0.05, 0.1) is 13.7 Å². The Morgan fingerprint density at radius 3 is 2.64 bits per heavy atom. The molecule has 1 aromatic carbocycles. The van der Waals surface area contributed by atoms with E-state index in [1.807, 2.05) is 31.2 Å². The summed E-state index contributed by atoms with van der Waals surface area (Å²) in [6, 6.07) is 11.9. The van der Waals surface area contributed by atoms with Crippen molar-refractivity contribution in [3.05, 3.63) is 46.7 Å². The minimum atomic E-state index is -0.0151. The summed E-state index contributed by atoms with van der Waals surface area (Å²) in [5.74, 6) is 2.36. The van der Waals surface area contributed by atoms with Gasteiger partial charge in [-0.15, -0.1) is 11.3 Å². The van der Waals surface area contributed by atoms with Crippen LogP contribution in [0, 0.1) is 0 Å². The van der Waals surface area contributed by atoms with Crippen molar-refractivity contribution in [1.29, 1.82) is 0 Å². The Kier molecular flexibility index (Phi) is 7.60. The summed E-state index contributed by atoms with van der Waals surface area (Å²) in [5.41, 5.74) is 0. The highest BCUT2D eigenvalue weighted by Gasteiger charge is 2.11. The van der Waals surface area contributed by atoms with Gasteiger partial charge in [-0.25, -0.2) is 0 Å². The molecular formula is C19H27N3O2S. The molecule has 0 aliphatic rings. The Morgan fingerprint density at radius 2 is 2.00 bits per heavy atom. The van der Waals surface area contributed by atoms with Gasteiger partial charge in [-0.05, 0) is 36.9 Å². The van der Waals surface area contributed by atoms with Crippen molar-refractivity contribution in [1.82, 2.24) is 10.2 Å². The zero-order valence-corrected chi connectivity index (χ0v) is 16.2. The number of likely N-dealkylation sites (N-methyl/N-ethyl adjacent to an activating group) is 1. The Labute approximate surface area is 154 Å². The first-order valence-corrected chi connectivity index (χ1v) is 9.25. The van der Waals surface area contributed by atoms with Crippen molar-refractivity contribution >= 4 is 17.3 Å². The van der Waals surface area contributed by atoms with Crippen molar-refractivity contribution in [2.24, 2.45) is 4.99 Å². The monoisotopic (exact) mass is 361 g/mol. The van der Waals surface area contributed by atoms with Crippen LogP contribution in [0.1, 0.15) is 11.8 Å². The maximum absolute atomic E-state index is 5.97. The highest BCUT2D eigenvalue weighted by Crippen LogP contribution is 2.26. The van der Waals surface area contributed by atoms with Crippen LogP contribution in [0.4, 0.5) is 0 Å². The fourth-order valence-electron chi connectivity index (χ4n) is 2.43. The van der Waals surface area contributed by atoms with Crippen molar-refractivity contribution in [3.63, 3.8) is 0 Å². The Hall–Kier alpha value is -2.21. The number of ether oxygens (including phenoxy) is 2. The molecule has 1 N–H and O–H groups in total. The molecule has 0 aliphatic carbocycles. The highest BCUT2D eigenvalue weighted by molar-refractivity contribution is 7.09. The molecule has 1 heterocycles. The smallest absolute Gasteiger partial charge is 0.193 e. The highest BCUT2D eigenvalue weighted by atomic mass is 32.1. The van der Waals surface area contributed by atoms with E-state index in [0.29, 0.717) is 6.54 Å². The molecule has 0 saturated carbocycles. The summed E-state index contributed by atoms with van der Waals surface area (Å²) < 4.78 is 11.3. The number of rotatable bonds is 8. The predicted molar refractivity (Wildman–Crippen MR) is 105 cm³/mol. The third kappa shape index (κ3) is 5.98. The number of nitrogens with zero attached hydrogens (tertiary/aromatic N) is 2. The molecule has 1 aromatic heterocycles. The van der Waals surface area contributed by atoms with Gasteiger partial charge >= 0.3 is 0 Å². The average molecular weight is 362 g/mol. The van der Waals surface area contributed by atoms with E-state index in [2.05, 4.69) is 39.8 Å². The standard InChI is InChI=1S/C19H27N3O2S/c1-15(24-18-10-6-5-9-17(18)23-4)14-21-19(20-2)22(3)12-11-16-8-7-13-25-16/h5-10,13,15H,11-12,14H2,1-4H3,(H,20,21). The number of nitrogens with one attached hydrogen (secondary N) is 1. The van der Waals surface area contributed by atoms with E-state index < -0.39 is 0 Å². The van der Waals surface area contributed by atoms with Crippen LogP contribution >= 0.6 is 11.3 Å². The van der Waals surface area contributed by atoms with Crippen LogP contribution in [0.3, 0.4) is 0 Å². The summed E-state index contributed by atoms with van der Waals surface area (Å²) in [4.78, 5) is 7.87. The molecule has 0 aliphatic heterocycles. The quantitative estimate of drug-likeness (QED) is 0.579. The molecule has 1 unspecified atom stereocenters. The second-order valence-electron chi connectivity index (χ2n) is 5.76. The molecule has 1 atom stereocenters. The number of benzene rings is 1. The number of para-hydroxylation sites is 2. The normalized spacial score (nSPS) is 12.6. The molecule has 6 heteroatoms. The number of aliphatic imine (C=N–C) groups is 1. The number of thiophene rings is 1. The van der Waals surface area contributed by atoms with Crippen LogP contribution in [0.5, 0.6) is 11.5 Å². The largest absolute Gasteiger partial charge is 0.493 e. The minimum absolute atomic E-state index is 0.0151. The lowest BCUT2D eigenvalue weighted by atomic mass is 10.3. The van der Waals surface area contributed by atoms with Gasteiger partial charge in [0.1, 0.15) is 6.10 Å². The van der Waals surface area contributed by atoms with Crippen LogP contribution in [-0.2, 0) is 6.42 Å². The van der Waals surface area contributed by atoms with Gasteiger partial charge in [-0.1, -0.05) is 18.2 Å². The number of guanidine groups is 1. The molecule has 0 spiro atoms. The fourth-order valence-corrected chi connectivity index (χ4v) is 3.13. The first-order chi connectivity index (χ1) is 12.1. The SMILES string of the molecule is CN=C(NCC(C)Oc1ccccc1OC)N(C)CCc1cccs1. The summed E-state index contributed by atoms with van der Waals surface area (Å²) in [5, 5.41) is 5.48. The Balaban J connectivity index is 1.81. The van der Waals surface area contributed by atoms with E-state index >= 15 is 0 Å². The van der Waals surface area contributed by atoms with Gasteiger partial charge in [-0.2, -0.15) is 0 Å². The molecule has 0 fully saturated rings. The van der Waals surface area contributed by atoms with Gasteiger partial charge in [0.25, 0.3) is 0 Å². The van der Waals surface area contributed by atoms with Gasteiger partial charge in [0.2, 0.25) is 0 Å². The maximum atomic E-state index is 5.97. The molecule has 0 radical (unpaired) electrons. The molecule has 136 valence electrons. The fraction of sp³-hybridized carbons (Fsp3) is 0.421. The molecule has 0 saturated heterocycles. The lowest BCUT2D eigenvalue weighted by Crippen LogP contribution is -2.43. The van der Waals surface area contributed by atoms with Gasteiger partial charge < -0.3 is 19.7 Å². The first-order valence-electron chi connectivity index (χ1n) is 8.38. The second kappa shape index (κ2) is 9.93. The third-order valence-corrected chi connectivity index (χ3v) is 4.73. The van der Waals surface area contributed by atoms with E-state index in [0.717, 1.165) is 30.4 Å². The van der Waals surface area contributed by atoms with E-state index in [1.54, 1.807) is 25.5 Å². The Bertz CT molecular complexity index is 658. The number of hydrogen-bond acceptors (Lipinski definition) is 4. The Morgan fingerprint density at radius 1 is 1.24 bits per heavy atom. The second-order valence-corrected chi connectivity index (χ2v) is 6.79. The molecular weight excluding hydrogens is 334 g/mol. The molecule has 2 aromatic rings. The van der Waals surface area contributed by atoms with Gasteiger partial charge in [-0.3, -0.25) is 4.99 Å². The molecule has 0 bridgehead atoms. The van der Waals surface area contributed by atoms with E-state index in [1.165, 1.54) is 4.88 Å². The summed E-state index contributed by atoms with van der Waals surface area (Å²) in [7, 11) is 5.50. The average Bonchev–Trinajstić information content (AvgIpc) is 3.14. The van der Waals surface area contributed by atoms with E-state index in [9.17, 15) is 0 Å². The van der Waals surface area contributed by atoms with Gasteiger partial charge in [0, 0.05) is 25.5 Å². The van der Waals surface area contributed by atoms with Crippen LogP contribution in [0.15, 0.2) is 46.8 Å². The molecule has 2 rings (SSSR count). The van der Waals surface area contributed by atoms with Crippen LogP contribution in [-0.4, -0.2) is 51.3 Å². The zero-order valence-electron chi connectivity index (χ0n) is 15.4. The summed E-state index contributed by atoms with van der Waals surface area (Å²) >= 11 is 1.79. The number of hydrogen-bond donors (Lipinski definition) is 1. The lowest BCUT2D eigenvalue weighted by Gasteiger charge is -2.24.